The van der Waals surface area contributed by atoms with E-state index in [9.17, 15) is 9.90 Å². The molecule has 338 valence electrons. The van der Waals surface area contributed by atoms with Gasteiger partial charge in [0.05, 0.1) is 33.8 Å². The van der Waals surface area contributed by atoms with Crippen molar-refractivity contribution in [3.05, 3.63) is 104 Å². The van der Waals surface area contributed by atoms with Gasteiger partial charge in [-0.25, -0.2) is 24.7 Å². The number of piperazine rings is 1. The van der Waals surface area contributed by atoms with Gasteiger partial charge in [0, 0.05) is 61.3 Å². The Morgan fingerprint density at radius 2 is 1.75 bits per heavy atom. The molecule has 1 fully saturated rings. The largest absolute Gasteiger partial charge is 0.496 e. The van der Waals surface area contributed by atoms with E-state index >= 15 is 0 Å². The summed E-state index contributed by atoms with van der Waals surface area (Å²) in [6.45, 7) is 8.29. The van der Waals surface area contributed by atoms with Crippen LogP contribution in [0.1, 0.15) is 52.9 Å². The average Bonchev–Trinajstić information content (AvgIpc) is 3.71. The number of likely N-dealkylation sites (N-methyl/N-ethyl adjacent to an activating group) is 1. The molecule has 13 nitrogen and oxygen atoms in total. The number of methoxy groups -OCH3 is 1. The minimum atomic E-state index is -1.40. The molecular weight excluding hydrogens is 888 g/mol. The first-order valence-corrected chi connectivity index (χ1v) is 23.4. The summed E-state index contributed by atoms with van der Waals surface area (Å²) >= 11 is 16.3. The van der Waals surface area contributed by atoms with Crippen LogP contribution >= 0.6 is 34.5 Å². The Bertz CT molecular complexity index is 2750. The number of hydrogen-bond acceptors (Lipinski definition) is 13. The van der Waals surface area contributed by atoms with E-state index in [4.69, 9.17) is 56.9 Å². The van der Waals surface area contributed by atoms with Gasteiger partial charge in [0.2, 0.25) is 12.0 Å². The van der Waals surface area contributed by atoms with Gasteiger partial charge in [0.1, 0.15) is 47.7 Å². The fourth-order valence-corrected chi connectivity index (χ4v) is 10.5. The van der Waals surface area contributed by atoms with Crippen LogP contribution in [-0.2, 0) is 17.8 Å². The fourth-order valence-electron chi connectivity index (χ4n) is 8.77. The maximum Gasteiger partial charge on any atom is 0.345 e. The van der Waals surface area contributed by atoms with Gasteiger partial charge in [0.25, 0.3) is 0 Å². The first-order chi connectivity index (χ1) is 31.6. The van der Waals surface area contributed by atoms with Crippen molar-refractivity contribution in [3.8, 4) is 51.4 Å². The quantitative estimate of drug-likeness (QED) is 0.147. The van der Waals surface area contributed by atoms with E-state index in [-0.39, 0.29) is 25.5 Å². The first-order valence-electron chi connectivity index (χ1n) is 21.8. The van der Waals surface area contributed by atoms with E-state index in [1.807, 2.05) is 38.1 Å². The lowest BCUT2D eigenvalue weighted by Gasteiger charge is -2.35. The lowest BCUT2D eigenvalue weighted by atomic mass is 9.89. The number of benzene rings is 3. The number of para-hydroxylation sites is 1. The molecular formula is C49H50Cl2N6O7S. The van der Waals surface area contributed by atoms with Crippen molar-refractivity contribution in [1.29, 1.82) is 0 Å². The van der Waals surface area contributed by atoms with Crippen molar-refractivity contribution in [3.63, 3.8) is 0 Å². The second-order valence-corrected chi connectivity index (χ2v) is 18.4. The number of fused-ring (bicyclic) bond motifs is 7. The van der Waals surface area contributed by atoms with Crippen LogP contribution in [-0.4, -0.2) is 107 Å². The predicted octanol–water partition coefficient (Wildman–Crippen LogP) is 9.75. The Morgan fingerprint density at radius 3 is 2.51 bits per heavy atom. The Hall–Kier alpha value is -5.51. The van der Waals surface area contributed by atoms with Gasteiger partial charge in [-0.1, -0.05) is 41.4 Å². The first kappa shape index (κ1) is 44.7. The number of nitrogens with zero attached hydrogens (tertiary/aromatic N) is 6. The molecule has 4 aliphatic rings. The van der Waals surface area contributed by atoms with Crippen LogP contribution in [0.5, 0.6) is 28.9 Å². The number of carboxylic acid groups (broad SMARTS) is 1. The van der Waals surface area contributed by atoms with Crippen LogP contribution in [0.3, 0.4) is 0 Å². The van der Waals surface area contributed by atoms with E-state index in [2.05, 4.69) is 32.9 Å². The molecule has 6 heterocycles. The molecule has 3 aliphatic heterocycles. The highest BCUT2D eigenvalue weighted by molar-refractivity contribution is 7.20. The molecule has 0 spiro atoms. The number of aliphatic carboxylic acids is 1. The molecule has 65 heavy (non-hydrogen) atoms. The second-order valence-electron chi connectivity index (χ2n) is 16.7. The number of rotatable bonds is 9. The van der Waals surface area contributed by atoms with Crippen molar-refractivity contribution in [1.82, 2.24) is 29.7 Å². The lowest BCUT2D eigenvalue weighted by molar-refractivity contribution is -0.145. The van der Waals surface area contributed by atoms with Gasteiger partial charge in [-0.15, -0.1) is 11.3 Å². The molecule has 3 aromatic carbocycles. The molecule has 0 saturated carbocycles. The van der Waals surface area contributed by atoms with Crippen molar-refractivity contribution >= 4 is 56.3 Å². The molecule has 16 heteroatoms. The highest BCUT2D eigenvalue weighted by Gasteiger charge is 2.32. The molecule has 1 saturated heterocycles. The van der Waals surface area contributed by atoms with Crippen LogP contribution in [0.25, 0.3) is 38.3 Å². The van der Waals surface area contributed by atoms with E-state index in [1.165, 1.54) is 23.2 Å². The highest BCUT2D eigenvalue weighted by Crippen LogP contribution is 2.53. The fraction of sp³-hybridized carbons (Fsp3) is 0.367. The van der Waals surface area contributed by atoms with Crippen LogP contribution in [0.4, 0.5) is 0 Å². The second kappa shape index (κ2) is 19.5. The van der Waals surface area contributed by atoms with E-state index in [0.29, 0.717) is 66.9 Å². The monoisotopic (exact) mass is 936 g/mol. The molecule has 6 aromatic rings. The van der Waals surface area contributed by atoms with Gasteiger partial charge < -0.3 is 33.7 Å². The Balaban J connectivity index is 1.15. The van der Waals surface area contributed by atoms with Gasteiger partial charge in [-0.05, 0) is 105 Å². The maximum atomic E-state index is 13.3. The highest BCUT2D eigenvalue weighted by atomic mass is 35.5. The van der Waals surface area contributed by atoms with Crippen molar-refractivity contribution in [2.45, 2.75) is 64.8 Å². The zero-order valence-electron chi connectivity index (χ0n) is 36.7. The third kappa shape index (κ3) is 9.46. The Kier molecular flexibility index (Phi) is 13.4. The molecule has 2 atom stereocenters. The van der Waals surface area contributed by atoms with Crippen LogP contribution in [0, 0.1) is 13.8 Å². The lowest BCUT2D eigenvalue weighted by Crippen LogP contribution is -2.49. The SMILES string of the molecule is COc1ccccc1-c1nccc(COc2ccc3cc2C[C@H](C(=O)O)Oc2ncnc4sc(C5=CCCCC5)c(c24)-c2c(C)c(Cl)c(c(Cl)c2C)O[C@H](CN2CCN(C)CC2)CO3)n1. The van der Waals surface area contributed by atoms with Crippen molar-refractivity contribution in [2.24, 2.45) is 0 Å². The van der Waals surface area contributed by atoms with Crippen molar-refractivity contribution in [2.75, 3.05) is 53.5 Å². The number of hydrogen-bond donors (Lipinski definition) is 1. The zero-order valence-corrected chi connectivity index (χ0v) is 39.1. The summed E-state index contributed by atoms with van der Waals surface area (Å²) in [6, 6.07) is 14.7. The Labute approximate surface area is 391 Å². The minimum Gasteiger partial charge on any atom is -0.496 e. The number of ether oxygens (including phenoxy) is 5. The summed E-state index contributed by atoms with van der Waals surface area (Å²) in [5, 5.41) is 12.3. The summed E-state index contributed by atoms with van der Waals surface area (Å²) < 4.78 is 32.0. The molecule has 0 amide bonds. The number of thiophene rings is 1. The van der Waals surface area contributed by atoms with Gasteiger partial charge >= 0.3 is 5.97 Å². The minimum absolute atomic E-state index is 0.0677. The third-order valence-corrected chi connectivity index (χ3v) is 14.4. The number of carbonyl (C=O) groups is 1. The van der Waals surface area contributed by atoms with E-state index in [1.54, 1.807) is 37.6 Å². The zero-order chi connectivity index (χ0) is 45.2. The Morgan fingerprint density at radius 1 is 0.954 bits per heavy atom. The standard InChI is InChI=1S/C49H50Cl2N6O7S/c1-28-39-29(2)43(51)44(42(28)50)63-34(24-57-20-18-56(3)19-21-57)26-61-33-14-15-36(62-25-32-16-17-52-46(55-32)35-12-8-9-13-37(35)60-4)31(22-33)23-38(49(58)59)64-47-41-40(39)45(30-10-6-5-7-11-30)65-48(41)54-27-53-47/h8-10,12-17,22,27,34,38H,5-7,11,18-21,23-26H2,1-4H3,(H,58,59)/t34-,38-/m1/s1. The van der Waals surface area contributed by atoms with Gasteiger partial charge in [0.15, 0.2) is 11.6 Å². The summed E-state index contributed by atoms with van der Waals surface area (Å²) in [5.74, 6) is 1.40. The average molecular weight is 938 g/mol. The topological polar surface area (TPSA) is 141 Å². The van der Waals surface area contributed by atoms with E-state index in [0.717, 1.165) is 84.6 Å². The number of carboxylic acids is 1. The van der Waals surface area contributed by atoms with Crippen LogP contribution in [0.15, 0.2) is 67.1 Å². The molecule has 4 bridgehead atoms. The maximum absolute atomic E-state index is 13.3. The third-order valence-electron chi connectivity index (χ3n) is 12.3. The summed E-state index contributed by atoms with van der Waals surface area (Å²) in [5.41, 5.74) is 6.24. The molecule has 1 N–H and O–H groups in total. The number of allylic oxidation sites excluding steroid dienone is 2. The number of halogens is 2. The number of aromatic nitrogens is 4. The summed E-state index contributed by atoms with van der Waals surface area (Å²) in [6.07, 6.45) is 7.38. The molecule has 1 aliphatic carbocycles. The van der Waals surface area contributed by atoms with Gasteiger partial charge in [-0.3, -0.25) is 4.90 Å². The predicted molar refractivity (Wildman–Crippen MR) is 253 cm³/mol. The summed E-state index contributed by atoms with van der Waals surface area (Å²) in [7, 11) is 3.73. The van der Waals surface area contributed by atoms with Gasteiger partial charge in [-0.2, -0.15) is 0 Å². The molecule has 0 radical (unpaired) electrons. The summed E-state index contributed by atoms with van der Waals surface area (Å²) in [4.78, 5) is 38.3. The molecule has 10 rings (SSSR count). The van der Waals surface area contributed by atoms with E-state index < -0.39 is 18.2 Å². The smallest absolute Gasteiger partial charge is 0.345 e. The molecule has 0 unspecified atom stereocenters. The van der Waals surface area contributed by atoms with Crippen LogP contribution in [0.2, 0.25) is 10.0 Å². The normalized spacial score (nSPS) is 18.3. The molecule has 3 aromatic heterocycles. The van der Waals surface area contributed by atoms with Crippen LogP contribution < -0.4 is 23.7 Å². The van der Waals surface area contributed by atoms with Crippen molar-refractivity contribution < 1.29 is 33.6 Å².